The first-order chi connectivity index (χ1) is 9.11. The lowest BCUT2D eigenvalue weighted by atomic mass is 9.79. The Morgan fingerprint density at radius 2 is 2.05 bits per heavy atom. The van der Waals surface area contributed by atoms with Crippen molar-refractivity contribution in [3.63, 3.8) is 0 Å². The fourth-order valence-corrected chi connectivity index (χ4v) is 2.84. The number of halogens is 1. The van der Waals surface area contributed by atoms with Gasteiger partial charge < -0.3 is 10.1 Å². The lowest BCUT2D eigenvalue weighted by Gasteiger charge is -2.32. The van der Waals surface area contributed by atoms with Crippen LogP contribution >= 0.6 is 0 Å². The average molecular weight is 265 g/mol. The predicted octanol–water partition coefficient (Wildman–Crippen LogP) is 3.75. The van der Waals surface area contributed by atoms with E-state index in [0.29, 0.717) is 23.9 Å². The van der Waals surface area contributed by atoms with Crippen LogP contribution in [0.5, 0.6) is 5.75 Å². The quantitative estimate of drug-likeness (QED) is 0.895. The van der Waals surface area contributed by atoms with Crippen molar-refractivity contribution in [3.8, 4) is 5.75 Å². The van der Waals surface area contributed by atoms with Crippen molar-refractivity contribution < 1.29 is 9.13 Å². The highest BCUT2D eigenvalue weighted by molar-refractivity contribution is 5.30. The molecule has 1 aliphatic carbocycles. The zero-order valence-corrected chi connectivity index (χ0v) is 12.1. The summed E-state index contributed by atoms with van der Waals surface area (Å²) < 4.78 is 19.0. The first kappa shape index (κ1) is 14.3. The Morgan fingerprint density at radius 3 is 2.74 bits per heavy atom. The third-order valence-electron chi connectivity index (χ3n) is 4.44. The van der Waals surface area contributed by atoms with Gasteiger partial charge in [-0.3, -0.25) is 0 Å². The normalized spacial score (nSPS) is 27.3. The van der Waals surface area contributed by atoms with Crippen LogP contribution in [-0.4, -0.2) is 13.2 Å². The van der Waals surface area contributed by atoms with Gasteiger partial charge in [-0.15, -0.1) is 0 Å². The summed E-state index contributed by atoms with van der Waals surface area (Å²) in [7, 11) is 1.50. The van der Waals surface area contributed by atoms with Crippen LogP contribution in [0.25, 0.3) is 0 Å². The van der Waals surface area contributed by atoms with E-state index in [0.717, 1.165) is 11.8 Å². The lowest BCUT2D eigenvalue weighted by molar-refractivity contribution is 0.225. The fraction of sp³-hybridized carbons (Fsp3) is 0.625. The van der Waals surface area contributed by atoms with Crippen molar-refractivity contribution in [3.05, 3.63) is 29.6 Å². The number of benzene rings is 1. The molecule has 1 aromatic rings. The van der Waals surface area contributed by atoms with E-state index in [4.69, 9.17) is 4.74 Å². The van der Waals surface area contributed by atoms with Crippen LogP contribution in [0.3, 0.4) is 0 Å². The van der Waals surface area contributed by atoms with E-state index < -0.39 is 0 Å². The molecule has 0 aromatic heterocycles. The number of methoxy groups -OCH3 is 1. The molecule has 1 saturated carbocycles. The third kappa shape index (κ3) is 3.47. The fourth-order valence-electron chi connectivity index (χ4n) is 2.84. The van der Waals surface area contributed by atoms with Crippen molar-refractivity contribution >= 4 is 0 Å². The van der Waals surface area contributed by atoms with E-state index >= 15 is 0 Å². The molecule has 0 radical (unpaired) electrons. The molecule has 0 aliphatic heterocycles. The van der Waals surface area contributed by atoms with Crippen molar-refractivity contribution in [1.82, 2.24) is 5.32 Å². The molecule has 3 atom stereocenters. The maximum Gasteiger partial charge on any atom is 0.169 e. The molecule has 0 heterocycles. The van der Waals surface area contributed by atoms with Crippen molar-refractivity contribution in [1.29, 1.82) is 0 Å². The summed E-state index contributed by atoms with van der Waals surface area (Å²) in [6.45, 7) is 5.21. The van der Waals surface area contributed by atoms with Crippen LogP contribution in [0.4, 0.5) is 4.39 Å². The third-order valence-corrected chi connectivity index (χ3v) is 4.44. The van der Waals surface area contributed by atoms with Gasteiger partial charge in [0.05, 0.1) is 7.11 Å². The number of rotatable bonds is 4. The summed E-state index contributed by atoms with van der Waals surface area (Å²) in [6, 6.07) is 5.82. The van der Waals surface area contributed by atoms with Crippen LogP contribution in [0, 0.1) is 17.7 Å². The van der Waals surface area contributed by atoms with Gasteiger partial charge in [0.15, 0.2) is 11.6 Å². The van der Waals surface area contributed by atoms with Gasteiger partial charge >= 0.3 is 0 Å². The summed E-state index contributed by atoms with van der Waals surface area (Å²) in [6.07, 6.45) is 3.64. The topological polar surface area (TPSA) is 21.3 Å². The molecule has 1 aromatic carbocycles. The smallest absolute Gasteiger partial charge is 0.169 e. The molecule has 106 valence electrons. The minimum Gasteiger partial charge on any atom is -0.494 e. The molecule has 0 amide bonds. The highest BCUT2D eigenvalue weighted by atomic mass is 19.1. The van der Waals surface area contributed by atoms with Crippen LogP contribution < -0.4 is 10.1 Å². The van der Waals surface area contributed by atoms with Gasteiger partial charge in [-0.25, -0.2) is 4.39 Å². The van der Waals surface area contributed by atoms with Gasteiger partial charge in [0, 0.05) is 18.2 Å². The van der Waals surface area contributed by atoms with E-state index in [2.05, 4.69) is 19.2 Å². The largest absolute Gasteiger partial charge is 0.494 e. The van der Waals surface area contributed by atoms with Crippen LogP contribution in [0.1, 0.15) is 38.7 Å². The van der Waals surface area contributed by atoms with Crippen molar-refractivity contribution in [2.24, 2.45) is 11.8 Å². The molecule has 1 N–H and O–H groups in total. The monoisotopic (exact) mass is 265 g/mol. The van der Waals surface area contributed by atoms with Crippen LogP contribution in [0.15, 0.2) is 18.2 Å². The Labute approximate surface area is 115 Å². The molecule has 1 aliphatic rings. The predicted molar refractivity (Wildman–Crippen MR) is 75.8 cm³/mol. The SMILES string of the molecule is COc1cccc(CNC2CCC(C)C(C)C2)c1F. The zero-order valence-electron chi connectivity index (χ0n) is 12.1. The minimum absolute atomic E-state index is 0.241. The van der Waals surface area contributed by atoms with Gasteiger partial charge in [0.2, 0.25) is 0 Å². The second-order valence-electron chi connectivity index (χ2n) is 5.78. The van der Waals surface area contributed by atoms with Gasteiger partial charge in [0.1, 0.15) is 0 Å². The number of hydrogen-bond donors (Lipinski definition) is 1. The van der Waals surface area contributed by atoms with E-state index in [1.165, 1.54) is 26.4 Å². The Morgan fingerprint density at radius 1 is 1.26 bits per heavy atom. The Kier molecular flexibility index (Phi) is 4.81. The van der Waals surface area contributed by atoms with E-state index in [9.17, 15) is 4.39 Å². The maximum absolute atomic E-state index is 14.0. The van der Waals surface area contributed by atoms with Crippen LogP contribution in [0.2, 0.25) is 0 Å². The molecule has 0 spiro atoms. The molecule has 1 fully saturated rings. The van der Waals surface area contributed by atoms with Gasteiger partial charge in [0.25, 0.3) is 0 Å². The maximum atomic E-state index is 14.0. The second-order valence-corrected chi connectivity index (χ2v) is 5.78. The summed E-state index contributed by atoms with van der Waals surface area (Å²) in [5, 5.41) is 3.49. The highest BCUT2D eigenvalue weighted by Gasteiger charge is 2.24. The summed E-state index contributed by atoms with van der Waals surface area (Å²) in [5.41, 5.74) is 0.686. The molecule has 2 rings (SSSR count). The molecule has 0 saturated heterocycles. The van der Waals surface area contributed by atoms with Gasteiger partial charge in [-0.2, -0.15) is 0 Å². The minimum atomic E-state index is -0.241. The summed E-state index contributed by atoms with van der Waals surface area (Å²) in [4.78, 5) is 0. The Bertz CT molecular complexity index is 421. The molecular weight excluding hydrogens is 241 g/mol. The first-order valence-electron chi connectivity index (χ1n) is 7.16. The lowest BCUT2D eigenvalue weighted by Crippen LogP contribution is -2.35. The second kappa shape index (κ2) is 6.38. The summed E-state index contributed by atoms with van der Waals surface area (Å²) >= 11 is 0. The molecule has 0 bridgehead atoms. The molecule has 2 nitrogen and oxygen atoms in total. The number of nitrogens with one attached hydrogen (secondary N) is 1. The van der Waals surface area contributed by atoms with E-state index in [-0.39, 0.29) is 5.82 Å². The Balaban J connectivity index is 1.92. The molecule has 3 heteroatoms. The first-order valence-corrected chi connectivity index (χ1v) is 7.16. The van der Waals surface area contributed by atoms with Crippen LogP contribution in [-0.2, 0) is 6.54 Å². The number of ether oxygens (including phenoxy) is 1. The van der Waals surface area contributed by atoms with Crippen molar-refractivity contribution in [2.45, 2.75) is 45.7 Å². The highest BCUT2D eigenvalue weighted by Crippen LogP contribution is 2.29. The Hall–Kier alpha value is -1.09. The molecule has 19 heavy (non-hydrogen) atoms. The van der Waals surface area contributed by atoms with Gasteiger partial charge in [-0.1, -0.05) is 26.0 Å². The molecular formula is C16H24FNO. The molecule has 3 unspecified atom stereocenters. The van der Waals surface area contributed by atoms with E-state index in [1.807, 2.05) is 12.1 Å². The van der Waals surface area contributed by atoms with Gasteiger partial charge in [-0.05, 0) is 37.2 Å². The number of hydrogen-bond acceptors (Lipinski definition) is 2. The zero-order chi connectivity index (χ0) is 13.8. The summed E-state index contributed by atoms with van der Waals surface area (Å²) in [5.74, 6) is 1.65. The van der Waals surface area contributed by atoms with Crippen molar-refractivity contribution in [2.75, 3.05) is 7.11 Å². The van der Waals surface area contributed by atoms with E-state index in [1.54, 1.807) is 6.07 Å². The average Bonchev–Trinajstić information content (AvgIpc) is 2.41. The standard InChI is InChI=1S/C16H24FNO/c1-11-7-8-14(9-12(11)2)18-10-13-5-4-6-15(19-3)16(13)17/h4-6,11-12,14,18H,7-10H2,1-3H3.